The number of hydrogen-bond acceptors (Lipinski definition) is 4. The molecule has 5 nitrogen and oxygen atoms in total. The predicted molar refractivity (Wildman–Crippen MR) is 83.2 cm³/mol. The van der Waals surface area contributed by atoms with Crippen molar-refractivity contribution < 1.29 is 8.42 Å². The summed E-state index contributed by atoms with van der Waals surface area (Å²) in [6.45, 7) is 3.73. The number of nitrogens with two attached hydrogens (primary N) is 1. The van der Waals surface area contributed by atoms with E-state index in [-0.39, 0.29) is 4.90 Å². The van der Waals surface area contributed by atoms with Crippen LogP contribution in [0.25, 0.3) is 0 Å². The minimum absolute atomic E-state index is 0.276. The molecule has 1 atom stereocenters. The van der Waals surface area contributed by atoms with Gasteiger partial charge in [-0.25, -0.2) is 13.1 Å². The van der Waals surface area contributed by atoms with Gasteiger partial charge in [0.05, 0.1) is 4.90 Å². The average molecular weight is 299 g/mol. The fourth-order valence-electron chi connectivity index (χ4n) is 2.12. The maximum absolute atomic E-state index is 11.6. The molecule has 0 saturated carbocycles. The van der Waals surface area contributed by atoms with E-state index < -0.39 is 10.0 Å². The van der Waals surface area contributed by atoms with E-state index in [1.165, 1.54) is 7.05 Å². The fraction of sp³-hybridized carbons (Fsp3) is 0.571. The Hall–Kier alpha value is -1.11. The van der Waals surface area contributed by atoms with Crippen LogP contribution in [0.5, 0.6) is 0 Å². The van der Waals surface area contributed by atoms with Gasteiger partial charge in [-0.1, -0.05) is 13.3 Å². The molecule has 0 aromatic heterocycles. The van der Waals surface area contributed by atoms with E-state index in [4.69, 9.17) is 5.73 Å². The van der Waals surface area contributed by atoms with Gasteiger partial charge in [0.2, 0.25) is 10.0 Å². The lowest BCUT2D eigenvalue weighted by Gasteiger charge is -2.17. The predicted octanol–water partition coefficient (Wildman–Crippen LogP) is 1.77. The zero-order chi connectivity index (χ0) is 15.0. The average Bonchev–Trinajstić information content (AvgIpc) is 2.46. The smallest absolute Gasteiger partial charge is 0.240 e. The van der Waals surface area contributed by atoms with Crippen LogP contribution in [0, 0.1) is 5.92 Å². The van der Waals surface area contributed by atoms with Crippen molar-refractivity contribution in [1.82, 2.24) is 4.72 Å². The molecule has 0 aliphatic carbocycles. The van der Waals surface area contributed by atoms with E-state index in [1.807, 2.05) is 0 Å². The molecular weight excluding hydrogens is 274 g/mol. The molecule has 0 saturated heterocycles. The Morgan fingerprint density at radius 3 is 2.35 bits per heavy atom. The van der Waals surface area contributed by atoms with Gasteiger partial charge in [-0.05, 0) is 56.6 Å². The summed E-state index contributed by atoms with van der Waals surface area (Å²) in [5.41, 5.74) is 6.54. The zero-order valence-corrected chi connectivity index (χ0v) is 13.0. The molecule has 0 bridgehead atoms. The minimum Gasteiger partial charge on any atom is -0.385 e. The fourth-order valence-corrected chi connectivity index (χ4v) is 2.85. The lowest BCUT2D eigenvalue weighted by Crippen LogP contribution is -2.19. The Morgan fingerprint density at radius 2 is 1.85 bits per heavy atom. The number of anilines is 1. The Bertz CT molecular complexity index is 480. The highest BCUT2D eigenvalue weighted by atomic mass is 32.2. The summed E-state index contributed by atoms with van der Waals surface area (Å²) in [6, 6.07) is 6.78. The van der Waals surface area contributed by atoms with Crippen molar-refractivity contribution >= 4 is 15.7 Å². The zero-order valence-electron chi connectivity index (χ0n) is 12.2. The maximum Gasteiger partial charge on any atom is 0.240 e. The van der Waals surface area contributed by atoms with Crippen LogP contribution in [-0.4, -0.2) is 28.6 Å². The number of nitrogens with one attached hydrogen (secondary N) is 2. The molecule has 0 radical (unpaired) electrons. The SMILES string of the molecule is CCCC(CCN)CNc1ccc(S(=O)(=O)NC)cc1. The second-order valence-corrected chi connectivity index (χ2v) is 6.73. The van der Waals surface area contributed by atoms with Gasteiger partial charge in [0.15, 0.2) is 0 Å². The lowest BCUT2D eigenvalue weighted by molar-refractivity contribution is 0.473. The van der Waals surface area contributed by atoms with E-state index in [2.05, 4.69) is 17.0 Å². The molecule has 1 rings (SSSR count). The third-order valence-electron chi connectivity index (χ3n) is 3.30. The van der Waals surface area contributed by atoms with E-state index in [9.17, 15) is 8.42 Å². The first-order valence-corrected chi connectivity index (χ1v) is 8.49. The van der Waals surface area contributed by atoms with Crippen molar-refractivity contribution in [3.8, 4) is 0 Å². The molecular formula is C14H25N3O2S. The molecule has 20 heavy (non-hydrogen) atoms. The number of hydrogen-bond donors (Lipinski definition) is 3. The third kappa shape index (κ3) is 5.11. The summed E-state index contributed by atoms with van der Waals surface area (Å²) in [4.78, 5) is 0.276. The molecule has 4 N–H and O–H groups in total. The monoisotopic (exact) mass is 299 g/mol. The van der Waals surface area contributed by atoms with Crippen molar-refractivity contribution in [3.63, 3.8) is 0 Å². The Labute approximate surface area is 122 Å². The molecule has 6 heteroatoms. The molecule has 0 fully saturated rings. The van der Waals surface area contributed by atoms with Crippen LogP contribution in [0.1, 0.15) is 26.2 Å². The molecule has 114 valence electrons. The highest BCUT2D eigenvalue weighted by Crippen LogP contribution is 2.16. The summed E-state index contributed by atoms with van der Waals surface area (Å²) in [6.07, 6.45) is 3.30. The van der Waals surface area contributed by atoms with Crippen molar-refractivity contribution in [3.05, 3.63) is 24.3 Å². The normalized spacial score (nSPS) is 13.2. The molecule has 0 aliphatic heterocycles. The topological polar surface area (TPSA) is 84.2 Å². The first-order valence-electron chi connectivity index (χ1n) is 7.01. The van der Waals surface area contributed by atoms with Gasteiger partial charge in [-0.3, -0.25) is 0 Å². The second kappa shape index (κ2) is 8.24. The van der Waals surface area contributed by atoms with Gasteiger partial charge >= 0.3 is 0 Å². The van der Waals surface area contributed by atoms with Gasteiger partial charge in [0.1, 0.15) is 0 Å². The Morgan fingerprint density at radius 1 is 1.20 bits per heavy atom. The van der Waals surface area contributed by atoms with Crippen LogP contribution >= 0.6 is 0 Å². The number of sulfonamides is 1. The number of benzene rings is 1. The highest BCUT2D eigenvalue weighted by Gasteiger charge is 2.11. The highest BCUT2D eigenvalue weighted by molar-refractivity contribution is 7.89. The Kier molecular flexibility index (Phi) is 6.98. The van der Waals surface area contributed by atoms with Crippen LogP contribution in [0.4, 0.5) is 5.69 Å². The molecule has 1 aromatic rings. The summed E-state index contributed by atoms with van der Waals surface area (Å²) in [5, 5.41) is 3.34. The Balaban J connectivity index is 2.61. The van der Waals surface area contributed by atoms with Gasteiger partial charge < -0.3 is 11.1 Å². The molecule has 0 spiro atoms. The van der Waals surface area contributed by atoms with E-state index in [0.717, 1.165) is 31.5 Å². The van der Waals surface area contributed by atoms with Gasteiger partial charge in [-0.15, -0.1) is 0 Å². The summed E-state index contributed by atoms with van der Waals surface area (Å²) < 4.78 is 25.5. The van der Waals surface area contributed by atoms with E-state index in [0.29, 0.717) is 12.5 Å². The van der Waals surface area contributed by atoms with Gasteiger partial charge in [0.25, 0.3) is 0 Å². The molecule has 1 aromatic carbocycles. The van der Waals surface area contributed by atoms with E-state index >= 15 is 0 Å². The maximum atomic E-state index is 11.6. The van der Waals surface area contributed by atoms with Gasteiger partial charge in [-0.2, -0.15) is 0 Å². The summed E-state index contributed by atoms with van der Waals surface area (Å²) in [5.74, 6) is 0.561. The lowest BCUT2D eigenvalue weighted by atomic mass is 10.00. The summed E-state index contributed by atoms with van der Waals surface area (Å²) in [7, 11) is -1.95. The van der Waals surface area contributed by atoms with Crippen LogP contribution in [-0.2, 0) is 10.0 Å². The van der Waals surface area contributed by atoms with Gasteiger partial charge in [0, 0.05) is 12.2 Å². The van der Waals surface area contributed by atoms with E-state index in [1.54, 1.807) is 24.3 Å². The van der Waals surface area contributed by atoms with Crippen LogP contribution in [0.15, 0.2) is 29.2 Å². The molecule has 1 unspecified atom stereocenters. The van der Waals surface area contributed by atoms with Crippen molar-refractivity contribution in [2.24, 2.45) is 11.7 Å². The van der Waals surface area contributed by atoms with Crippen LogP contribution in [0.3, 0.4) is 0 Å². The molecule has 0 amide bonds. The number of rotatable bonds is 9. The van der Waals surface area contributed by atoms with Crippen molar-refractivity contribution in [1.29, 1.82) is 0 Å². The third-order valence-corrected chi connectivity index (χ3v) is 4.73. The molecule has 0 aliphatic rings. The summed E-state index contributed by atoms with van der Waals surface area (Å²) >= 11 is 0. The first-order chi connectivity index (χ1) is 9.53. The molecule has 0 heterocycles. The van der Waals surface area contributed by atoms with Crippen molar-refractivity contribution in [2.45, 2.75) is 31.1 Å². The second-order valence-electron chi connectivity index (χ2n) is 4.84. The quantitative estimate of drug-likeness (QED) is 0.649. The van der Waals surface area contributed by atoms with Crippen molar-refractivity contribution in [2.75, 3.05) is 25.5 Å². The minimum atomic E-state index is -3.36. The van der Waals surface area contributed by atoms with Crippen LogP contribution < -0.4 is 15.8 Å². The first kappa shape index (κ1) is 16.9. The largest absolute Gasteiger partial charge is 0.385 e. The standard InChI is InChI=1S/C14H25N3O2S/c1-3-4-12(9-10-15)11-17-13-5-7-14(8-6-13)20(18,19)16-2/h5-8,12,16-17H,3-4,9-11,15H2,1-2H3. The van der Waals surface area contributed by atoms with Crippen LogP contribution in [0.2, 0.25) is 0 Å².